The molecule has 0 aliphatic rings. The van der Waals surface area contributed by atoms with E-state index < -0.39 is 0 Å². The molecule has 0 aliphatic carbocycles. The van der Waals surface area contributed by atoms with Gasteiger partial charge in [0.15, 0.2) is 0 Å². The minimum absolute atomic E-state index is 0.0162. The van der Waals surface area contributed by atoms with E-state index in [1.807, 2.05) is 12.1 Å². The highest BCUT2D eigenvalue weighted by molar-refractivity contribution is 7.98. The molecule has 108 valence electrons. The quantitative estimate of drug-likeness (QED) is 0.626. The summed E-state index contributed by atoms with van der Waals surface area (Å²) in [4.78, 5) is 1.25. The first kappa shape index (κ1) is 14.1. The van der Waals surface area contributed by atoms with Gasteiger partial charge in [-0.3, -0.25) is 0 Å². The van der Waals surface area contributed by atoms with Crippen LogP contribution in [0.15, 0.2) is 59.5 Å². The van der Waals surface area contributed by atoms with Gasteiger partial charge in [0.2, 0.25) is 0 Å². The second-order valence-corrected chi connectivity index (χ2v) is 6.00. The first-order chi connectivity index (χ1) is 10.2. The second-order valence-electron chi connectivity index (χ2n) is 5.12. The molecule has 1 atom stereocenters. The molecule has 0 saturated carbocycles. The second kappa shape index (κ2) is 5.86. The third-order valence-corrected chi connectivity index (χ3v) is 4.52. The Balaban J connectivity index is 1.86. The van der Waals surface area contributed by atoms with Gasteiger partial charge in [0.1, 0.15) is 11.9 Å². The summed E-state index contributed by atoms with van der Waals surface area (Å²) in [5, 5.41) is 1.25. The van der Waals surface area contributed by atoms with Crippen molar-refractivity contribution in [1.82, 2.24) is 4.57 Å². The number of aromatic nitrogens is 1. The number of benzene rings is 2. The third-order valence-electron chi connectivity index (χ3n) is 3.78. The van der Waals surface area contributed by atoms with Crippen molar-refractivity contribution in [2.24, 2.45) is 7.05 Å². The Bertz CT molecular complexity index is 746. The molecule has 0 spiro atoms. The molecule has 0 fully saturated rings. The van der Waals surface area contributed by atoms with Gasteiger partial charge < -0.3 is 9.30 Å². The molecule has 0 bridgehead atoms. The van der Waals surface area contributed by atoms with Crippen LogP contribution in [0.1, 0.15) is 18.7 Å². The number of fused-ring (bicyclic) bond motifs is 1. The number of aryl methyl sites for hydroxylation is 1. The molecule has 2 aromatic carbocycles. The highest BCUT2D eigenvalue weighted by Gasteiger charge is 2.13. The van der Waals surface area contributed by atoms with Crippen molar-refractivity contribution in [1.29, 1.82) is 0 Å². The van der Waals surface area contributed by atoms with Crippen molar-refractivity contribution in [3.8, 4) is 5.75 Å². The molecular formula is C18H19NOS. The SMILES string of the molecule is CSc1ccc(OC(C)c2cc3ccccc3n2C)cc1. The van der Waals surface area contributed by atoms with Gasteiger partial charge in [-0.2, -0.15) is 0 Å². The topological polar surface area (TPSA) is 14.2 Å². The molecule has 1 unspecified atom stereocenters. The van der Waals surface area contributed by atoms with Gasteiger partial charge in [-0.15, -0.1) is 11.8 Å². The van der Waals surface area contributed by atoms with Gasteiger partial charge in [0.05, 0.1) is 5.69 Å². The summed E-state index contributed by atoms with van der Waals surface area (Å²) in [7, 11) is 2.09. The number of nitrogens with zero attached hydrogens (tertiary/aromatic N) is 1. The zero-order valence-corrected chi connectivity index (χ0v) is 13.4. The summed E-state index contributed by atoms with van der Waals surface area (Å²) in [5.41, 5.74) is 2.42. The lowest BCUT2D eigenvalue weighted by Crippen LogP contribution is -2.07. The van der Waals surface area contributed by atoms with Gasteiger partial charge >= 0.3 is 0 Å². The van der Waals surface area contributed by atoms with Gasteiger partial charge in [-0.05, 0) is 55.0 Å². The van der Waals surface area contributed by atoms with Crippen LogP contribution in [0.25, 0.3) is 10.9 Å². The smallest absolute Gasteiger partial charge is 0.136 e. The molecule has 21 heavy (non-hydrogen) atoms. The van der Waals surface area contributed by atoms with Crippen molar-refractivity contribution < 1.29 is 4.74 Å². The number of thioether (sulfide) groups is 1. The van der Waals surface area contributed by atoms with Gasteiger partial charge in [-0.25, -0.2) is 0 Å². The van der Waals surface area contributed by atoms with Gasteiger partial charge in [0, 0.05) is 17.5 Å². The van der Waals surface area contributed by atoms with Crippen LogP contribution in [0.5, 0.6) is 5.75 Å². The third kappa shape index (κ3) is 2.79. The van der Waals surface area contributed by atoms with E-state index in [0.29, 0.717) is 0 Å². The maximum atomic E-state index is 6.08. The predicted octanol–water partition coefficient (Wildman–Crippen LogP) is 5.04. The lowest BCUT2D eigenvalue weighted by molar-refractivity contribution is 0.218. The standard InChI is InChI=1S/C18H19NOS/c1-13(20-15-8-10-16(21-3)11-9-15)18-12-14-6-4-5-7-17(14)19(18)2/h4-13H,1-3H3. The Morgan fingerprint density at radius 2 is 1.76 bits per heavy atom. The highest BCUT2D eigenvalue weighted by atomic mass is 32.2. The summed E-state index contributed by atoms with van der Waals surface area (Å²) >= 11 is 1.74. The van der Waals surface area contributed by atoms with E-state index in [1.165, 1.54) is 21.5 Å². The summed E-state index contributed by atoms with van der Waals surface area (Å²) < 4.78 is 8.28. The summed E-state index contributed by atoms with van der Waals surface area (Å²) in [6.07, 6.45) is 2.09. The largest absolute Gasteiger partial charge is 0.485 e. The van der Waals surface area contributed by atoms with Crippen molar-refractivity contribution in [3.63, 3.8) is 0 Å². The van der Waals surface area contributed by atoms with Gasteiger partial charge in [0.25, 0.3) is 0 Å². The fourth-order valence-electron chi connectivity index (χ4n) is 2.62. The molecule has 1 heterocycles. The Kier molecular flexibility index (Phi) is 3.93. The molecule has 2 nitrogen and oxygen atoms in total. The molecular weight excluding hydrogens is 278 g/mol. The van der Waals surface area contributed by atoms with E-state index in [9.17, 15) is 0 Å². The lowest BCUT2D eigenvalue weighted by Gasteiger charge is -2.16. The summed E-state index contributed by atoms with van der Waals surface area (Å²) in [5.74, 6) is 0.908. The van der Waals surface area contributed by atoms with E-state index in [1.54, 1.807) is 11.8 Å². The normalized spacial score (nSPS) is 12.5. The fraction of sp³-hybridized carbons (Fsp3) is 0.222. The van der Waals surface area contributed by atoms with Crippen molar-refractivity contribution in [3.05, 3.63) is 60.3 Å². The van der Waals surface area contributed by atoms with Crippen molar-refractivity contribution in [2.75, 3.05) is 6.26 Å². The Hall–Kier alpha value is -1.87. The van der Waals surface area contributed by atoms with E-state index in [2.05, 4.69) is 67.3 Å². The average molecular weight is 297 g/mol. The molecule has 0 N–H and O–H groups in total. The van der Waals surface area contributed by atoms with Crippen molar-refractivity contribution >= 4 is 22.7 Å². The number of para-hydroxylation sites is 1. The van der Waals surface area contributed by atoms with Gasteiger partial charge in [-0.1, -0.05) is 18.2 Å². The number of ether oxygens (including phenoxy) is 1. The zero-order chi connectivity index (χ0) is 14.8. The van der Waals surface area contributed by atoms with Crippen LogP contribution in [0.4, 0.5) is 0 Å². The Morgan fingerprint density at radius 1 is 1.05 bits per heavy atom. The maximum Gasteiger partial charge on any atom is 0.136 e. The highest BCUT2D eigenvalue weighted by Crippen LogP contribution is 2.27. The van der Waals surface area contributed by atoms with Crippen LogP contribution in [0.3, 0.4) is 0 Å². The molecule has 0 aliphatic heterocycles. The average Bonchev–Trinajstić information content (AvgIpc) is 2.86. The minimum Gasteiger partial charge on any atom is -0.485 e. The zero-order valence-electron chi connectivity index (χ0n) is 12.5. The van der Waals surface area contributed by atoms with E-state index in [0.717, 1.165) is 5.75 Å². The van der Waals surface area contributed by atoms with Crippen LogP contribution in [-0.4, -0.2) is 10.8 Å². The molecule has 3 aromatic rings. The molecule has 0 radical (unpaired) electrons. The van der Waals surface area contributed by atoms with E-state index in [-0.39, 0.29) is 6.10 Å². The Labute approximate surface area is 129 Å². The molecule has 0 amide bonds. The number of hydrogen-bond acceptors (Lipinski definition) is 2. The first-order valence-corrected chi connectivity index (χ1v) is 8.26. The first-order valence-electron chi connectivity index (χ1n) is 7.04. The number of rotatable bonds is 4. The lowest BCUT2D eigenvalue weighted by atomic mass is 10.2. The molecule has 3 heteroatoms. The van der Waals surface area contributed by atoms with Crippen LogP contribution < -0.4 is 4.74 Å². The Morgan fingerprint density at radius 3 is 2.43 bits per heavy atom. The van der Waals surface area contributed by atoms with E-state index in [4.69, 9.17) is 4.74 Å². The van der Waals surface area contributed by atoms with Crippen LogP contribution in [0.2, 0.25) is 0 Å². The molecule has 0 saturated heterocycles. The maximum absolute atomic E-state index is 6.08. The molecule has 3 rings (SSSR count). The van der Waals surface area contributed by atoms with Crippen LogP contribution >= 0.6 is 11.8 Å². The predicted molar refractivity (Wildman–Crippen MR) is 90.2 cm³/mol. The van der Waals surface area contributed by atoms with Crippen molar-refractivity contribution in [2.45, 2.75) is 17.9 Å². The van der Waals surface area contributed by atoms with Crippen LogP contribution in [0, 0.1) is 0 Å². The van der Waals surface area contributed by atoms with Crippen LogP contribution in [-0.2, 0) is 7.05 Å². The van der Waals surface area contributed by atoms with E-state index >= 15 is 0 Å². The molecule has 1 aromatic heterocycles. The monoisotopic (exact) mass is 297 g/mol. The fourth-order valence-corrected chi connectivity index (χ4v) is 3.03. The minimum atomic E-state index is 0.0162. The number of hydrogen-bond donors (Lipinski definition) is 0. The summed E-state index contributed by atoms with van der Waals surface area (Å²) in [6.45, 7) is 2.09. The summed E-state index contributed by atoms with van der Waals surface area (Å²) in [6, 6.07) is 18.9.